The summed E-state index contributed by atoms with van der Waals surface area (Å²) < 4.78 is 16.6. The zero-order chi connectivity index (χ0) is 17.4. The Balaban J connectivity index is 1.33. The molecule has 1 aliphatic heterocycles. The molecular formula is C19H26N2O4. The first-order valence-corrected chi connectivity index (χ1v) is 9.02. The monoisotopic (exact) mass is 346 g/mol. The lowest BCUT2D eigenvalue weighted by atomic mass is 9.90. The Bertz CT molecular complexity index is 627. The van der Waals surface area contributed by atoms with E-state index in [2.05, 4.69) is 29.6 Å². The molecule has 3 atom stereocenters. The van der Waals surface area contributed by atoms with Crippen molar-refractivity contribution in [3.05, 3.63) is 29.8 Å². The molecule has 0 aromatic heterocycles. The van der Waals surface area contributed by atoms with Crippen molar-refractivity contribution in [2.75, 3.05) is 32.7 Å². The molecule has 4 rings (SSSR count). The second-order valence-electron chi connectivity index (χ2n) is 7.42. The van der Waals surface area contributed by atoms with Crippen molar-refractivity contribution in [2.24, 2.45) is 11.8 Å². The Hall–Kier alpha value is -1.79. The minimum absolute atomic E-state index is 0.273. The highest BCUT2D eigenvalue weighted by atomic mass is 16.7. The number of hydrogen-bond acceptors (Lipinski definition) is 5. The number of nitrogens with zero attached hydrogens (tertiary/aromatic N) is 1. The van der Waals surface area contributed by atoms with Crippen molar-refractivity contribution >= 4 is 11.8 Å². The van der Waals surface area contributed by atoms with Gasteiger partial charge in [0.25, 0.3) is 0 Å². The quantitative estimate of drug-likeness (QED) is 0.908. The highest BCUT2D eigenvalue weighted by Gasteiger charge is 2.58. The van der Waals surface area contributed by atoms with E-state index in [-0.39, 0.29) is 11.9 Å². The maximum absolute atomic E-state index is 11.5. The van der Waals surface area contributed by atoms with Gasteiger partial charge < -0.3 is 24.4 Å². The molecule has 2 saturated carbocycles. The van der Waals surface area contributed by atoms with Gasteiger partial charge in [0.1, 0.15) is 0 Å². The molecule has 3 fully saturated rings. The van der Waals surface area contributed by atoms with Crippen molar-refractivity contribution in [1.82, 2.24) is 4.90 Å². The van der Waals surface area contributed by atoms with Crippen molar-refractivity contribution in [2.45, 2.75) is 37.6 Å². The van der Waals surface area contributed by atoms with E-state index in [1.54, 1.807) is 11.9 Å². The predicted molar refractivity (Wildman–Crippen MR) is 93.2 cm³/mol. The smallest absolute Gasteiger partial charge is 0.409 e. The Morgan fingerprint density at radius 1 is 1.28 bits per heavy atom. The SMILES string of the molecule is COC(=O)N(C)Cc1ccc(NC2C[C@@H]3C[C@H]2CC32OCCO2)cc1. The standard InChI is InChI=1S/C19H26N2O4/c1-21(18(22)23-2)12-13-3-5-16(6-4-13)20-17-10-15-9-14(17)11-19(15)24-7-8-25-19/h3-6,14-15,17,20H,7-12H2,1-2H3/t14-,15-,17?/m0/s1. The zero-order valence-electron chi connectivity index (χ0n) is 14.9. The number of rotatable bonds is 4. The van der Waals surface area contributed by atoms with Gasteiger partial charge in [-0.15, -0.1) is 0 Å². The molecule has 1 heterocycles. The van der Waals surface area contributed by atoms with Gasteiger partial charge in [0.2, 0.25) is 0 Å². The molecule has 6 heteroatoms. The van der Waals surface area contributed by atoms with Gasteiger partial charge in [-0.25, -0.2) is 4.79 Å². The first-order valence-electron chi connectivity index (χ1n) is 9.02. The highest BCUT2D eigenvalue weighted by molar-refractivity contribution is 5.67. The molecule has 2 bridgehead atoms. The van der Waals surface area contributed by atoms with Gasteiger partial charge in [-0.2, -0.15) is 0 Å². The summed E-state index contributed by atoms with van der Waals surface area (Å²) in [5.74, 6) is 0.865. The van der Waals surface area contributed by atoms with E-state index >= 15 is 0 Å². The van der Waals surface area contributed by atoms with E-state index in [0.29, 0.717) is 24.4 Å². The van der Waals surface area contributed by atoms with Gasteiger partial charge in [-0.3, -0.25) is 0 Å². The van der Waals surface area contributed by atoms with Gasteiger partial charge in [-0.05, 0) is 36.5 Å². The Morgan fingerprint density at radius 2 is 2.00 bits per heavy atom. The Labute approximate surface area is 148 Å². The average Bonchev–Trinajstić information content (AvgIpc) is 3.33. The summed E-state index contributed by atoms with van der Waals surface area (Å²) in [4.78, 5) is 13.0. The number of carbonyl (C=O) groups excluding carboxylic acids is 1. The van der Waals surface area contributed by atoms with E-state index in [0.717, 1.165) is 37.3 Å². The molecule has 25 heavy (non-hydrogen) atoms. The van der Waals surface area contributed by atoms with Crippen molar-refractivity contribution in [3.8, 4) is 0 Å². The number of ether oxygens (including phenoxy) is 3. The third-order valence-corrected chi connectivity index (χ3v) is 5.85. The summed E-state index contributed by atoms with van der Waals surface area (Å²) in [6.07, 6.45) is 2.99. The van der Waals surface area contributed by atoms with Crippen LogP contribution >= 0.6 is 0 Å². The van der Waals surface area contributed by atoms with E-state index in [1.807, 2.05) is 0 Å². The normalized spacial score (nSPS) is 29.1. The fraction of sp³-hybridized carbons (Fsp3) is 0.632. The first kappa shape index (κ1) is 16.7. The van der Waals surface area contributed by atoms with Gasteiger partial charge in [0.15, 0.2) is 5.79 Å². The number of methoxy groups -OCH3 is 1. The van der Waals surface area contributed by atoms with Gasteiger partial charge >= 0.3 is 6.09 Å². The minimum atomic E-state index is -0.325. The molecule has 1 aromatic rings. The minimum Gasteiger partial charge on any atom is -0.453 e. The second-order valence-corrected chi connectivity index (χ2v) is 7.42. The lowest BCUT2D eigenvalue weighted by Crippen LogP contribution is -2.41. The lowest BCUT2D eigenvalue weighted by Gasteiger charge is -2.35. The molecule has 1 aromatic carbocycles. The number of benzene rings is 1. The number of nitrogens with one attached hydrogen (secondary N) is 1. The summed E-state index contributed by atoms with van der Waals surface area (Å²) in [5.41, 5.74) is 2.21. The largest absolute Gasteiger partial charge is 0.453 e. The summed E-state index contributed by atoms with van der Waals surface area (Å²) >= 11 is 0. The van der Waals surface area contributed by atoms with Gasteiger partial charge in [0.05, 0.1) is 20.3 Å². The van der Waals surface area contributed by atoms with Crippen molar-refractivity contribution < 1.29 is 19.0 Å². The average molecular weight is 346 g/mol. The van der Waals surface area contributed by atoms with E-state index in [9.17, 15) is 4.79 Å². The van der Waals surface area contributed by atoms with E-state index < -0.39 is 0 Å². The molecule has 1 saturated heterocycles. The zero-order valence-corrected chi connectivity index (χ0v) is 14.9. The van der Waals surface area contributed by atoms with Crippen molar-refractivity contribution in [3.63, 3.8) is 0 Å². The topological polar surface area (TPSA) is 60.0 Å². The van der Waals surface area contributed by atoms with E-state index in [1.165, 1.54) is 13.5 Å². The van der Waals surface area contributed by atoms with Crippen LogP contribution in [0.3, 0.4) is 0 Å². The fourth-order valence-corrected chi connectivity index (χ4v) is 4.66. The van der Waals surface area contributed by atoms with Gasteiger partial charge in [0, 0.05) is 37.7 Å². The number of anilines is 1. The number of amides is 1. The third kappa shape index (κ3) is 3.09. The van der Waals surface area contributed by atoms with E-state index in [4.69, 9.17) is 14.2 Å². The summed E-state index contributed by atoms with van der Waals surface area (Å²) in [5, 5.41) is 3.68. The summed E-state index contributed by atoms with van der Waals surface area (Å²) in [6, 6.07) is 8.78. The Kier molecular flexibility index (Phi) is 4.33. The molecule has 3 aliphatic rings. The maximum Gasteiger partial charge on any atom is 0.409 e. The highest BCUT2D eigenvalue weighted by Crippen LogP contribution is 2.55. The third-order valence-electron chi connectivity index (χ3n) is 5.85. The summed E-state index contributed by atoms with van der Waals surface area (Å²) in [7, 11) is 3.13. The van der Waals surface area contributed by atoms with Gasteiger partial charge in [-0.1, -0.05) is 12.1 Å². The van der Waals surface area contributed by atoms with Crippen LogP contribution in [0.25, 0.3) is 0 Å². The van der Waals surface area contributed by atoms with Crippen molar-refractivity contribution in [1.29, 1.82) is 0 Å². The lowest BCUT2D eigenvalue weighted by molar-refractivity contribution is -0.190. The molecule has 0 radical (unpaired) electrons. The Morgan fingerprint density at radius 3 is 2.60 bits per heavy atom. The molecule has 1 N–H and O–H groups in total. The van der Waals surface area contributed by atoms with Crippen LogP contribution in [0, 0.1) is 11.8 Å². The molecule has 2 aliphatic carbocycles. The fourth-order valence-electron chi connectivity index (χ4n) is 4.66. The summed E-state index contributed by atoms with van der Waals surface area (Å²) in [6.45, 7) is 2.02. The molecule has 6 nitrogen and oxygen atoms in total. The first-order chi connectivity index (χ1) is 12.1. The molecule has 136 valence electrons. The maximum atomic E-state index is 11.5. The molecule has 1 unspecified atom stereocenters. The molecule has 1 spiro atoms. The van der Waals surface area contributed by atoms with Crippen LogP contribution in [0.2, 0.25) is 0 Å². The second kappa shape index (κ2) is 6.50. The van der Waals surface area contributed by atoms with Crippen LogP contribution in [-0.2, 0) is 20.8 Å². The number of fused-ring (bicyclic) bond motifs is 3. The molecular weight excluding hydrogens is 320 g/mol. The molecule has 1 amide bonds. The van der Waals surface area contributed by atoms with Crippen LogP contribution in [0.1, 0.15) is 24.8 Å². The number of hydrogen-bond donors (Lipinski definition) is 1. The van der Waals surface area contributed by atoms with Crippen LogP contribution in [0.4, 0.5) is 10.5 Å². The predicted octanol–water partition coefficient (Wildman–Crippen LogP) is 2.84. The van der Waals surface area contributed by atoms with Crippen LogP contribution < -0.4 is 5.32 Å². The van der Waals surface area contributed by atoms with Crippen LogP contribution in [-0.4, -0.2) is 50.2 Å². The van der Waals surface area contributed by atoms with Crippen LogP contribution in [0.15, 0.2) is 24.3 Å². The number of carbonyl (C=O) groups is 1. The van der Waals surface area contributed by atoms with Crippen LogP contribution in [0.5, 0.6) is 0 Å².